The fourth-order valence-electron chi connectivity index (χ4n) is 2.81. The van der Waals surface area contributed by atoms with Gasteiger partial charge in [-0.1, -0.05) is 61.4 Å². The summed E-state index contributed by atoms with van der Waals surface area (Å²) in [5, 5.41) is 0. The SMILES string of the molecule is [CH2-]C(C1(C)C=CC=C1C)C1(C)C=CC=C1C.[Cl-].[Cl-].[Cl-].[Zr+4]. The van der Waals surface area contributed by atoms with Crippen molar-refractivity contribution in [2.75, 3.05) is 0 Å². The van der Waals surface area contributed by atoms with Crippen molar-refractivity contribution in [3.63, 3.8) is 0 Å². The molecule has 0 radical (unpaired) electrons. The molecule has 2 rings (SSSR count). The topological polar surface area (TPSA) is 0 Å². The Hall–Kier alpha value is 0.713. The predicted molar refractivity (Wildman–Crippen MR) is 70.9 cm³/mol. The van der Waals surface area contributed by atoms with Crippen LogP contribution in [0.3, 0.4) is 0 Å². The van der Waals surface area contributed by atoms with E-state index < -0.39 is 0 Å². The van der Waals surface area contributed by atoms with E-state index in [1.165, 1.54) is 11.1 Å². The minimum absolute atomic E-state index is 0. The Morgan fingerprint density at radius 2 is 1.15 bits per heavy atom. The van der Waals surface area contributed by atoms with E-state index in [4.69, 9.17) is 0 Å². The van der Waals surface area contributed by atoms with Gasteiger partial charge in [0.1, 0.15) is 0 Å². The van der Waals surface area contributed by atoms with Crippen molar-refractivity contribution in [1.29, 1.82) is 0 Å². The van der Waals surface area contributed by atoms with E-state index in [-0.39, 0.29) is 74.3 Å². The number of rotatable bonds is 2. The summed E-state index contributed by atoms with van der Waals surface area (Å²) in [6, 6.07) is 0. The van der Waals surface area contributed by atoms with Crippen LogP contribution >= 0.6 is 0 Å². The third-order valence-corrected chi connectivity index (χ3v) is 4.72. The number of hydrogen-bond acceptors (Lipinski definition) is 0. The molecule has 0 aliphatic heterocycles. The Bertz CT molecular complexity index is 397. The third-order valence-electron chi connectivity index (χ3n) is 4.72. The largest absolute Gasteiger partial charge is 4.00 e. The molecule has 0 spiro atoms. The first-order valence-corrected chi connectivity index (χ1v) is 5.97. The van der Waals surface area contributed by atoms with Gasteiger partial charge in [0.2, 0.25) is 0 Å². The van der Waals surface area contributed by atoms with Gasteiger partial charge in [0, 0.05) is 0 Å². The van der Waals surface area contributed by atoms with E-state index >= 15 is 0 Å². The van der Waals surface area contributed by atoms with E-state index in [0.29, 0.717) is 5.92 Å². The van der Waals surface area contributed by atoms with Gasteiger partial charge < -0.3 is 44.1 Å². The Labute approximate surface area is 161 Å². The average molecular weight is 411 g/mol. The molecule has 0 bridgehead atoms. The fourth-order valence-corrected chi connectivity index (χ4v) is 2.81. The maximum Gasteiger partial charge on any atom is 4.00 e. The summed E-state index contributed by atoms with van der Waals surface area (Å²) in [6.07, 6.45) is 13.3. The first-order valence-electron chi connectivity index (χ1n) is 5.97. The molecule has 2 atom stereocenters. The van der Waals surface area contributed by atoms with Crippen LogP contribution in [0, 0.1) is 23.7 Å². The van der Waals surface area contributed by atoms with Gasteiger partial charge in [0.25, 0.3) is 0 Å². The van der Waals surface area contributed by atoms with Gasteiger partial charge in [-0.3, -0.25) is 0 Å². The summed E-state index contributed by atoms with van der Waals surface area (Å²) in [7, 11) is 0. The van der Waals surface area contributed by atoms with Crippen molar-refractivity contribution in [1.82, 2.24) is 0 Å². The number of hydrogen-bond donors (Lipinski definition) is 0. The molecule has 0 heterocycles. The Morgan fingerprint density at radius 3 is 1.35 bits per heavy atom. The van der Waals surface area contributed by atoms with Gasteiger partial charge in [-0.05, 0) is 24.7 Å². The molecule has 0 saturated carbocycles. The van der Waals surface area contributed by atoms with Crippen LogP contribution in [0.5, 0.6) is 0 Å². The monoisotopic (exact) mass is 408 g/mol. The number of halogens is 3. The maximum atomic E-state index is 4.46. The average Bonchev–Trinajstić information content (AvgIpc) is 2.74. The Morgan fingerprint density at radius 1 is 0.850 bits per heavy atom. The second-order valence-electron chi connectivity index (χ2n) is 5.54. The molecule has 0 aromatic carbocycles. The predicted octanol–water partition coefficient (Wildman–Crippen LogP) is -4.51. The fraction of sp³-hybridized carbons (Fsp3) is 0.438. The van der Waals surface area contributed by atoms with Crippen LogP contribution in [0.2, 0.25) is 0 Å². The molecule has 0 saturated heterocycles. The van der Waals surface area contributed by atoms with Gasteiger partial charge in [-0.15, -0.1) is 5.92 Å². The zero-order valence-corrected chi connectivity index (χ0v) is 17.1. The summed E-state index contributed by atoms with van der Waals surface area (Å²) in [6.45, 7) is 13.5. The second-order valence-corrected chi connectivity index (χ2v) is 5.54. The van der Waals surface area contributed by atoms with Crippen molar-refractivity contribution in [3.8, 4) is 0 Å². The molecule has 0 nitrogen and oxygen atoms in total. The molecule has 2 aliphatic rings. The first kappa shape index (κ1) is 25.7. The van der Waals surface area contributed by atoms with Crippen LogP contribution in [0.25, 0.3) is 0 Å². The molecule has 0 aromatic heterocycles. The molecule has 0 aromatic rings. The molecule has 0 N–H and O–H groups in total. The van der Waals surface area contributed by atoms with Crippen LogP contribution in [-0.4, -0.2) is 0 Å². The smallest absolute Gasteiger partial charge is 1.00 e. The van der Waals surface area contributed by atoms with E-state index in [1.54, 1.807) is 0 Å². The molecule has 0 fully saturated rings. The molecule has 110 valence electrons. The minimum atomic E-state index is 0. The molecule has 2 aliphatic carbocycles. The summed E-state index contributed by atoms with van der Waals surface area (Å²) in [4.78, 5) is 0. The molecule has 0 amide bonds. The summed E-state index contributed by atoms with van der Waals surface area (Å²) in [5.41, 5.74) is 3.03. The summed E-state index contributed by atoms with van der Waals surface area (Å²) < 4.78 is 0. The minimum Gasteiger partial charge on any atom is -1.00 e. The quantitative estimate of drug-likeness (QED) is 0.403. The van der Waals surface area contributed by atoms with Crippen molar-refractivity contribution in [3.05, 3.63) is 54.5 Å². The van der Waals surface area contributed by atoms with E-state index in [1.807, 2.05) is 0 Å². The van der Waals surface area contributed by atoms with Crippen LogP contribution in [0.15, 0.2) is 47.6 Å². The second kappa shape index (κ2) is 8.99. The Balaban J connectivity index is -0.000000722. The van der Waals surface area contributed by atoms with Gasteiger partial charge in [-0.25, -0.2) is 0 Å². The maximum absolute atomic E-state index is 4.46. The molecular formula is C16H21Cl3Zr. The summed E-state index contributed by atoms with van der Waals surface area (Å²) in [5.74, 6) is 0.338. The van der Waals surface area contributed by atoms with Gasteiger partial charge in [0.05, 0.1) is 0 Å². The van der Waals surface area contributed by atoms with Gasteiger partial charge in [0.15, 0.2) is 0 Å². The third kappa shape index (κ3) is 3.92. The van der Waals surface area contributed by atoms with Crippen LogP contribution < -0.4 is 37.2 Å². The van der Waals surface area contributed by atoms with Gasteiger partial charge >= 0.3 is 26.2 Å². The van der Waals surface area contributed by atoms with E-state index in [9.17, 15) is 0 Å². The van der Waals surface area contributed by atoms with E-state index in [0.717, 1.165) is 0 Å². The molecule has 2 unspecified atom stereocenters. The van der Waals surface area contributed by atoms with E-state index in [2.05, 4.69) is 71.1 Å². The molecule has 4 heteroatoms. The standard InChI is InChI=1S/C16H21.3ClH.Zr/c1-12-8-6-10-15(12,4)14(3)16(5)11-7-9-13(16)2;;;;/h6-11,14H,3H2,1-2,4-5H3;3*1H;/q-1;;;;+4/p-3. The van der Waals surface area contributed by atoms with Crippen molar-refractivity contribution < 1.29 is 63.4 Å². The van der Waals surface area contributed by atoms with Gasteiger partial charge in [-0.2, -0.15) is 0 Å². The van der Waals surface area contributed by atoms with Crippen LogP contribution in [-0.2, 0) is 26.2 Å². The Kier molecular flexibility index (Phi) is 11.5. The van der Waals surface area contributed by atoms with Crippen molar-refractivity contribution in [2.24, 2.45) is 16.7 Å². The normalized spacial score (nSPS) is 31.1. The van der Waals surface area contributed by atoms with Crippen molar-refractivity contribution >= 4 is 0 Å². The first-order chi connectivity index (χ1) is 7.41. The molecular weight excluding hydrogens is 390 g/mol. The van der Waals surface area contributed by atoms with Crippen LogP contribution in [0.1, 0.15) is 27.7 Å². The molecule has 20 heavy (non-hydrogen) atoms. The zero-order valence-electron chi connectivity index (χ0n) is 12.4. The van der Waals surface area contributed by atoms with Crippen molar-refractivity contribution in [2.45, 2.75) is 27.7 Å². The number of allylic oxidation sites excluding steroid dienone is 8. The summed E-state index contributed by atoms with van der Waals surface area (Å²) >= 11 is 0. The van der Waals surface area contributed by atoms with Crippen LogP contribution in [0.4, 0.5) is 0 Å². The zero-order chi connectivity index (χ0) is 12.0.